The van der Waals surface area contributed by atoms with Crippen molar-refractivity contribution in [3.8, 4) is 0 Å². The highest BCUT2D eigenvalue weighted by Gasteiger charge is 2.28. The molecule has 1 fully saturated rings. The topological polar surface area (TPSA) is 83.7 Å². The summed E-state index contributed by atoms with van der Waals surface area (Å²) < 4.78 is 29.5. The standard InChI is InChI=1S/C22H25N3O4S/c1-24(15-19-17-7-3-5-9-20(17)29-23-19)16-11-13-25(14-12-16)22(26)18-8-4-6-10-21(18)30(2,27)28/h3-10,16H,11-15H2,1-2H3. The Labute approximate surface area is 176 Å². The summed E-state index contributed by atoms with van der Waals surface area (Å²) in [6.45, 7) is 1.85. The number of aromatic nitrogens is 1. The van der Waals surface area contributed by atoms with Crippen LogP contribution in [0.1, 0.15) is 28.9 Å². The smallest absolute Gasteiger partial charge is 0.255 e. The van der Waals surface area contributed by atoms with Crippen molar-refractivity contribution in [3.63, 3.8) is 0 Å². The van der Waals surface area contributed by atoms with Crippen LogP contribution in [0.4, 0.5) is 0 Å². The number of hydrogen-bond acceptors (Lipinski definition) is 6. The second-order valence-electron chi connectivity index (χ2n) is 7.83. The van der Waals surface area contributed by atoms with Crippen LogP contribution in [0.2, 0.25) is 0 Å². The molecule has 2 aromatic carbocycles. The Balaban J connectivity index is 1.41. The van der Waals surface area contributed by atoms with Gasteiger partial charge in [-0.25, -0.2) is 8.42 Å². The van der Waals surface area contributed by atoms with Gasteiger partial charge < -0.3 is 9.42 Å². The number of fused-ring (bicyclic) bond motifs is 1. The van der Waals surface area contributed by atoms with E-state index >= 15 is 0 Å². The van der Waals surface area contributed by atoms with E-state index in [-0.39, 0.29) is 16.4 Å². The number of benzene rings is 2. The average Bonchev–Trinajstić information content (AvgIpc) is 3.15. The van der Waals surface area contributed by atoms with E-state index in [2.05, 4.69) is 17.1 Å². The van der Waals surface area contributed by atoms with Crippen molar-refractivity contribution in [2.75, 3.05) is 26.4 Å². The lowest BCUT2D eigenvalue weighted by Crippen LogP contribution is -2.45. The van der Waals surface area contributed by atoms with Gasteiger partial charge in [0.05, 0.1) is 10.5 Å². The lowest BCUT2D eigenvalue weighted by Gasteiger charge is -2.36. The third-order valence-electron chi connectivity index (χ3n) is 5.74. The predicted molar refractivity (Wildman–Crippen MR) is 114 cm³/mol. The molecule has 2 heterocycles. The molecule has 0 atom stereocenters. The largest absolute Gasteiger partial charge is 0.356 e. The summed E-state index contributed by atoms with van der Waals surface area (Å²) in [5.41, 5.74) is 1.94. The average molecular weight is 428 g/mol. The number of para-hydroxylation sites is 1. The number of amides is 1. The number of hydrogen-bond donors (Lipinski definition) is 0. The number of carbonyl (C=O) groups is 1. The summed E-state index contributed by atoms with van der Waals surface area (Å²) in [6.07, 6.45) is 2.77. The Morgan fingerprint density at radius 3 is 2.53 bits per heavy atom. The van der Waals surface area contributed by atoms with Gasteiger partial charge in [-0.15, -0.1) is 0 Å². The molecule has 0 bridgehead atoms. The number of nitrogens with zero attached hydrogens (tertiary/aromatic N) is 3. The highest BCUT2D eigenvalue weighted by Crippen LogP contribution is 2.24. The first-order valence-corrected chi connectivity index (χ1v) is 11.9. The van der Waals surface area contributed by atoms with Crippen molar-refractivity contribution in [2.24, 2.45) is 0 Å². The van der Waals surface area contributed by atoms with Gasteiger partial charge in [0.2, 0.25) is 0 Å². The van der Waals surface area contributed by atoms with Gasteiger partial charge in [0, 0.05) is 37.3 Å². The second-order valence-corrected chi connectivity index (χ2v) is 9.82. The lowest BCUT2D eigenvalue weighted by molar-refractivity contribution is 0.0634. The van der Waals surface area contributed by atoms with Crippen molar-refractivity contribution < 1.29 is 17.7 Å². The minimum Gasteiger partial charge on any atom is -0.356 e. The van der Waals surface area contributed by atoms with Crippen LogP contribution in [0.3, 0.4) is 0 Å². The quantitative estimate of drug-likeness (QED) is 0.623. The van der Waals surface area contributed by atoms with E-state index < -0.39 is 9.84 Å². The minimum atomic E-state index is -3.46. The highest BCUT2D eigenvalue weighted by atomic mass is 32.2. The molecule has 0 N–H and O–H groups in total. The first-order chi connectivity index (χ1) is 14.3. The highest BCUT2D eigenvalue weighted by molar-refractivity contribution is 7.90. The van der Waals surface area contributed by atoms with Crippen LogP contribution in [0.5, 0.6) is 0 Å². The van der Waals surface area contributed by atoms with Crippen LogP contribution in [0, 0.1) is 0 Å². The molecule has 1 saturated heterocycles. The SMILES string of the molecule is CN(Cc1noc2ccccc12)C1CCN(C(=O)c2ccccc2S(C)(=O)=O)CC1. The van der Waals surface area contributed by atoms with E-state index in [1.807, 2.05) is 24.3 Å². The Kier molecular flexibility index (Phi) is 5.62. The lowest BCUT2D eigenvalue weighted by atomic mass is 10.0. The van der Waals surface area contributed by atoms with Gasteiger partial charge in [0.15, 0.2) is 15.4 Å². The Bertz CT molecular complexity index is 1160. The fourth-order valence-corrected chi connectivity index (χ4v) is 4.94. The zero-order valence-corrected chi connectivity index (χ0v) is 17.9. The normalized spacial score (nSPS) is 15.8. The first kappa shape index (κ1) is 20.6. The monoisotopic (exact) mass is 427 g/mol. The fraction of sp³-hybridized carbons (Fsp3) is 0.364. The van der Waals surface area contributed by atoms with Gasteiger partial charge in [0.25, 0.3) is 5.91 Å². The van der Waals surface area contributed by atoms with Crippen molar-refractivity contribution in [1.29, 1.82) is 0 Å². The number of rotatable bonds is 5. The maximum absolute atomic E-state index is 13.0. The van der Waals surface area contributed by atoms with Crippen LogP contribution in [-0.4, -0.2) is 61.7 Å². The Hall–Kier alpha value is -2.71. The zero-order valence-electron chi connectivity index (χ0n) is 17.1. The molecular formula is C22H25N3O4S. The molecular weight excluding hydrogens is 402 g/mol. The third-order valence-corrected chi connectivity index (χ3v) is 6.90. The van der Waals surface area contributed by atoms with Crippen molar-refractivity contribution in [3.05, 3.63) is 59.8 Å². The van der Waals surface area contributed by atoms with Gasteiger partial charge in [-0.3, -0.25) is 9.69 Å². The van der Waals surface area contributed by atoms with Gasteiger partial charge in [-0.05, 0) is 44.2 Å². The minimum absolute atomic E-state index is 0.0900. The molecule has 0 saturated carbocycles. The number of sulfone groups is 1. The number of piperidine rings is 1. The molecule has 4 rings (SSSR count). The predicted octanol–water partition coefficient (Wildman–Crippen LogP) is 2.97. The molecule has 8 heteroatoms. The zero-order chi connectivity index (χ0) is 21.3. The van der Waals surface area contributed by atoms with Crippen LogP contribution in [-0.2, 0) is 16.4 Å². The van der Waals surface area contributed by atoms with Crippen LogP contribution < -0.4 is 0 Å². The van der Waals surface area contributed by atoms with E-state index in [1.54, 1.807) is 23.1 Å². The van der Waals surface area contributed by atoms with E-state index in [1.165, 1.54) is 6.07 Å². The van der Waals surface area contributed by atoms with Gasteiger partial charge in [-0.1, -0.05) is 29.4 Å². The van der Waals surface area contributed by atoms with Crippen LogP contribution in [0.25, 0.3) is 11.0 Å². The maximum Gasteiger partial charge on any atom is 0.255 e. The molecule has 7 nitrogen and oxygen atoms in total. The summed E-state index contributed by atoms with van der Waals surface area (Å²) in [7, 11) is -1.40. The van der Waals surface area contributed by atoms with Gasteiger partial charge >= 0.3 is 0 Å². The Morgan fingerprint density at radius 2 is 1.80 bits per heavy atom. The molecule has 1 aliphatic rings. The second kappa shape index (κ2) is 8.20. The van der Waals surface area contributed by atoms with E-state index in [4.69, 9.17) is 4.52 Å². The van der Waals surface area contributed by atoms with Crippen molar-refractivity contribution in [1.82, 2.24) is 15.0 Å². The van der Waals surface area contributed by atoms with Crippen LogP contribution >= 0.6 is 0 Å². The third kappa shape index (κ3) is 4.11. The van der Waals surface area contributed by atoms with E-state index in [9.17, 15) is 13.2 Å². The molecule has 0 unspecified atom stereocenters. The summed E-state index contributed by atoms with van der Waals surface area (Å²) in [5, 5.41) is 5.23. The molecule has 158 valence electrons. The Morgan fingerprint density at radius 1 is 1.13 bits per heavy atom. The van der Waals surface area contributed by atoms with Gasteiger partial charge in [0.1, 0.15) is 5.69 Å². The number of carbonyl (C=O) groups excluding carboxylic acids is 1. The van der Waals surface area contributed by atoms with Crippen molar-refractivity contribution in [2.45, 2.75) is 30.3 Å². The summed E-state index contributed by atoms with van der Waals surface area (Å²) in [6, 6.07) is 14.6. The van der Waals surface area contributed by atoms with Crippen LogP contribution in [0.15, 0.2) is 57.9 Å². The summed E-state index contributed by atoms with van der Waals surface area (Å²) >= 11 is 0. The molecule has 3 aromatic rings. The summed E-state index contributed by atoms with van der Waals surface area (Å²) in [5.74, 6) is -0.223. The maximum atomic E-state index is 13.0. The van der Waals surface area contributed by atoms with E-state index in [0.717, 1.165) is 35.8 Å². The molecule has 1 amide bonds. The number of likely N-dealkylation sites (tertiary alicyclic amines) is 1. The first-order valence-electron chi connectivity index (χ1n) is 9.96. The molecule has 1 aliphatic heterocycles. The molecule has 0 radical (unpaired) electrons. The summed E-state index contributed by atoms with van der Waals surface area (Å²) in [4.78, 5) is 17.1. The van der Waals surface area contributed by atoms with E-state index in [0.29, 0.717) is 25.7 Å². The molecule has 30 heavy (non-hydrogen) atoms. The van der Waals surface area contributed by atoms with Gasteiger partial charge in [-0.2, -0.15) is 0 Å². The molecule has 0 spiro atoms. The fourth-order valence-electron chi connectivity index (χ4n) is 4.06. The molecule has 1 aromatic heterocycles. The molecule has 0 aliphatic carbocycles. The van der Waals surface area contributed by atoms with Crippen molar-refractivity contribution >= 4 is 26.7 Å².